The molecule has 1 aliphatic rings. The van der Waals surface area contributed by atoms with Gasteiger partial charge in [0.1, 0.15) is 5.75 Å². The SMILES string of the molecule is C=CC[C@]1(C(=O)NNCc2ccc(Cl)cc2Cl)N=C(c2ccc(OCCCO)cc2)O[C@H]1c1ccccc1Br. The van der Waals surface area contributed by atoms with E-state index in [4.69, 9.17) is 42.8 Å². The standard InChI is InChI=1S/C29H28BrCl2N3O4/c1-2-14-29(28(37)35-33-18-20-8-11-21(31)17-25(20)32)26(23-6-3-4-7-24(23)30)39-27(34-29)19-9-12-22(13-10-19)38-16-5-15-36/h2-4,6-13,17,26,33,36H,1,5,14-16,18H2,(H,35,37)/t26-,29-/m0/s1. The fourth-order valence-corrected chi connectivity index (χ4v) is 5.16. The maximum Gasteiger partial charge on any atom is 0.266 e. The summed E-state index contributed by atoms with van der Waals surface area (Å²) < 4.78 is 12.8. The second kappa shape index (κ2) is 13.5. The van der Waals surface area contributed by atoms with Crippen LogP contribution in [0.2, 0.25) is 10.0 Å². The Morgan fingerprint density at radius 2 is 1.95 bits per heavy atom. The molecule has 4 rings (SSSR count). The number of hydrogen-bond donors (Lipinski definition) is 3. The number of aliphatic hydroxyl groups excluding tert-OH is 1. The molecule has 0 saturated heterocycles. The molecule has 0 unspecified atom stereocenters. The Labute approximate surface area is 245 Å². The molecule has 0 radical (unpaired) electrons. The Balaban J connectivity index is 1.63. The molecule has 0 spiro atoms. The molecule has 0 saturated carbocycles. The van der Waals surface area contributed by atoms with Crippen molar-refractivity contribution in [3.8, 4) is 5.75 Å². The number of nitrogens with one attached hydrogen (secondary N) is 2. The number of hydrogen-bond acceptors (Lipinski definition) is 6. The van der Waals surface area contributed by atoms with Crippen LogP contribution in [-0.2, 0) is 16.1 Å². The Morgan fingerprint density at radius 1 is 1.18 bits per heavy atom. The number of aliphatic hydroxyl groups is 1. The largest absolute Gasteiger partial charge is 0.494 e. The van der Waals surface area contributed by atoms with Gasteiger partial charge in [0.25, 0.3) is 5.91 Å². The first kappa shape index (κ1) is 29.1. The lowest BCUT2D eigenvalue weighted by Gasteiger charge is -2.30. The number of benzene rings is 3. The first-order chi connectivity index (χ1) is 18.9. The molecule has 3 aromatic carbocycles. The first-order valence-corrected chi connectivity index (χ1v) is 13.9. The molecule has 0 bridgehead atoms. The maximum atomic E-state index is 13.8. The smallest absolute Gasteiger partial charge is 0.266 e. The fraction of sp³-hybridized carbons (Fsp3) is 0.241. The summed E-state index contributed by atoms with van der Waals surface area (Å²) >= 11 is 15.9. The average molecular weight is 633 g/mol. The molecule has 10 heteroatoms. The molecular weight excluding hydrogens is 605 g/mol. The molecule has 3 aromatic rings. The minimum absolute atomic E-state index is 0.0637. The van der Waals surface area contributed by atoms with Crippen molar-refractivity contribution < 1.29 is 19.4 Å². The first-order valence-electron chi connectivity index (χ1n) is 12.3. The van der Waals surface area contributed by atoms with Crippen molar-refractivity contribution in [1.82, 2.24) is 10.9 Å². The van der Waals surface area contributed by atoms with Crippen LogP contribution >= 0.6 is 39.1 Å². The summed E-state index contributed by atoms with van der Waals surface area (Å²) in [6.45, 7) is 4.65. The Bertz CT molecular complexity index is 1350. The average Bonchev–Trinajstić information content (AvgIpc) is 3.31. The van der Waals surface area contributed by atoms with Gasteiger partial charge in [-0.15, -0.1) is 6.58 Å². The summed E-state index contributed by atoms with van der Waals surface area (Å²) in [6.07, 6.45) is 1.69. The van der Waals surface area contributed by atoms with Crippen LogP contribution < -0.4 is 15.6 Å². The van der Waals surface area contributed by atoms with Gasteiger partial charge in [-0.3, -0.25) is 10.2 Å². The monoisotopic (exact) mass is 631 g/mol. The van der Waals surface area contributed by atoms with E-state index in [1.54, 1.807) is 36.4 Å². The third-order valence-electron chi connectivity index (χ3n) is 6.17. The van der Waals surface area contributed by atoms with E-state index in [0.717, 1.165) is 15.6 Å². The number of halogens is 3. The van der Waals surface area contributed by atoms with Crippen LogP contribution in [-0.4, -0.2) is 35.7 Å². The molecule has 1 amide bonds. The molecule has 1 heterocycles. The van der Waals surface area contributed by atoms with E-state index in [9.17, 15) is 4.79 Å². The highest BCUT2D eigenvalue weighted by Crippen LogP contribution is 2.44. The second-order valence-electron chi connectivity index (χ2n) is 8.85. The third kappa shape index (κ3) is 6.83. The number of hydrazine groups is 1. The summed E-state index contributed by atoms with van der Waals surface area (Å²) in [4.78, 5) is 18.7. The zero-order valence-corrected chi connectivity index (χ0v) is 24.1. The van der Waals surface area contributed by atoms with Crippen LogP contribution in [0.1, 0.15) is 35.6 Å². The third-order valence-corrected chi connectivity index (χ3v) is 7.48. The second-order valence-corrected chi connectivity index (χ2v) is 10.5. The van der Waals surface area contributed by atoms with E-state index in [1.807, 2.05) is 36.4 Å². The van der Waals surface area contributed by atoms with Gasteiger partial charge in [-0.2, -0.15) is 0 Å². The van der Waals surface area contributed by atoms with Gasteiger partial charge in [0, 0.05) is 51.6 Å². The van der Waals surface area contributed by atoms with Crippen LogP contribution in [0.5, 0.6) is 5.75 Å². The minimum Gasteiger partial charge on any atom is -0.494 e. The number of amides is 1. The highest BCUT2D eigenvalue weighted by Gasteiger charge is 2.53. The van der Waals surface area contributed by atoms with Gasteiger partial charge in [-0.1, -0.05) is 69.5 Å². The lowest BCUT2D eigenvalue weighted by Crippen LogP contribution is -2.52. The minimum atomic E-state index is -1.34. The Kier molecular flexibility index (Phi) is 10.0. The molecule has 1 aliphatic heterocycles. The van der Waals surface area contributed by atoms with E-state index < -0.39 is 11.6 Å². The van der Waals surface area contributed by atoms with Crippen LogP contribution in [0.3, 0.4) is 0 Å². The van der Waals surface area contributed by atoms with Gasteiger partial charge >= 0.3 is 0 Å². The highest BCUT2D eigenvalue weighted by atomic mass is 79.9. The molecule has 0 aliphatic carbocycles. The van der Waals surface area contributed by atoms with Crippen molar-refractivity contribution in [3.63, 3.8) is 0 Å². The molecule has 39 heavy (non-hydrogen) atoms. The predicted octanol–water partition coefficient (Wildman–Crippen LogP) is 6.17. The van der Waals surface area contributed by atoms with Gasteiger partial charge in [0.15, 0.2) is 11.6 Å². The van der Waals surface area contributed by atoms with Crippen molar-refractivity contribution in [1.29, 1.82) is 0 Å². The van der Waals surface area contributed by atoms with Gasteiger partial charge in [0.2, 0.25) is 5.90 Å². The summed E-state index contributed by atoms with van der Waals surface area (Å²) in [5.74, 6) is 0.607. The predicted molar refractivity (Wildman–Crippen MR) is 157 cm³/mol. The molecule has 204 valence electrons. The number of rotatable bonds is 12. The normalized spacial score (nSPS) is 18.3. The Hall–Kier alpha value is -2.88. The quantitative estimate of drug-likeness (QED) is 0.126. The van der Waals surface area contributed by atoms with Gasteiger partial charge in [-0.05, 0) is 48.0 Å². The Morgan fingerprint density at radius 3 is 2.64 bits per heavy atom. The number of aliphatic imine (C=N–C) groups is 1. The van der Waals surface area contributed by atoms with Crippen LogP contribution in [0.15, 0.2) is 88.9 Å². The van der Waals surface area contributed by atoms with Crippen LogP contribution in [0, 0.1) is 0 Å². The van der Waals surface area contributed by atoms with E-state index in [1.165, 1.54) is 0 Å². The molecule has 0 aromatic heterocycles. The van der Waals surface area contributed by atoms with Gasteiger partial charge in [-0.25, -0.2) is 10.4 Å². The summed E-state index contributed by atoms with van der Waals surface area (Å²) in [6, 6.07) is 20.0. The zero-order chi connectivity index (χ0) is 27.8. The van der Waals surface area contributed by atoms with Crippen molar-refractivity contribution in [2.24, 2.45) is 4.99 Å². The molecule has 0 fully saturated rings. The fourth-order valence-electron chi connectivity index (χ4n) is 4.19. The lowest BCUT2D eigenvalue weighted by atomic mass is 9.84. The highest BCUT2D eigenvalue weighted by molar-refractivity contribution is 9.10. The van der Waals surface area contributed by atoms with Crippen molar-refractivity contribution in [3.05, 3.63) is 111 Å². The van der Waals surface area contributed by atoms with Crippen molar-refractivity contribution >= 4 is 50.9 Å². The van der Waals surface area contributed by atoms with E-state index in [2.05, 4.69) is 33.4 Å². The maximum absolute atomic E-state index is 13.8. The number of carbonyl (C=O) groups is 1. The summed E-state index contributed by atoms with van der Waals surface area (Å²) in [7, 11) is 0. The molecule has 2 atom stereocenters. The van der Waals surface area contributed by atoms with Crippen LogP contribution in [0.4, 0.5) is 0 Å². The van der Waals surface area contributed by atoms with Crippen molar-refractivity contribution in [2.75, 3.05) is 13.2 Å². The van der Waals surface area contributed by atoms with Gasteiger partial charge in [0.05, 0.1) is 6.61 Å². The van der Waals surface area contributed by atoms with Gasteiger partial charge < -0.3 is 14.6 Å². The zero-order valence-electron chi connectivity index (χ0n) is 21.0. The molecule has 3 N–H and O–H groups in total. The van der Waals surface area contributed by atoms with E-state index in [0.29, 0.717) is 40.3 Å². The molecular formula is C29H28BrCl2N3O4. The summed E-state index contributed by atoms with van der Waals surface area (Å²) in [5.41, 5.74) is 6.67. The summed E-state index contributed by atoms with van der Waals surface area (Å²) in [5, 5.41) is 9.99. The van der Waals surface area contributed by atoms with Crippen LogP contribution in [0.25, 0.3) is 0 Å². The number of ether oxygens (including phenoxy) is 2. The lowest BCUT2D eigenvalue weighted by molar-refractivity contribution is -0.129. The number of carbonyl (C=O) groups excluding carboxylic acids is 1. The topological polar surface area (TPSA) is 92.2 Å². The van der Waals surface area contributed by atoms with E-state index >= 15 is 0 Å². The van der Waals surface area contributed by atoms with E-state index in [-0.39, 0.29) is 25.5 Å². The van der Waals surface area contributed by atoms with Crippen molar-refractivity contribution in [2.45, 2.75) is 31.0 Å². The number of nitrogens with zero attached hydrogens (tertiary/aromatic N) is 1. The molecule has 7 nitrogen and oxygen atoms in total.